The van der Waals surface area contributed by atoms with E-state index in [4.69, 9.17) is 9.47 Å². The fraction of sp³-hybridized carbons (Fsp3) is 0.286. The molecule has 0 saturated heterocycles. The highest BCUT2D eigenvalue weighted by atomic mass is 32.1. The predicted molar refractivity (Wildman–Crippen MR) is 109 cm³/mol. The van der Waals surface area contributed by atoms with Crippen LogP contribution in [0.25, 0.3) is 0 Å². The van der Waals surface area contributed by atoms with Crippen LogP contribution in [0, 0.1) is 0 Å². The molecule has 146 valence electrons. The number of benzene rings is 2. The van der Waals surface area contributed by atoms with E-state index in [2.05, 4.69) is 14.7 Å². The molecule has 0 aliphatic carbocycles. The van der Waals surface area contributed by atoms with Crippen LogP contribution in [0.1, 0.15) is 30.3 Å². The summed E-state index contributed by atoms with van der Waals surface area (Å²) in [6.07, 6.45) is 1.91. The first-order valence-electron chi connectivity index (χ1n) is 9.15. The van der Waals surface area contributed by atoms with Gasteiger partial charge in [0.05, 0.1) is 13.5 Å². The van der Waals surface area contributed by atoms with Gasteiger partial charge in [0.15, 0.2) is 5.82 Å². The third-order valence-electron chi connectivity index (χ3n) is 4.01. The van der Waals surface area contributed by atoms with E-state index >= 15 is 0 Å². The van der Waals surface area contributed by atoms with Crippen molar-refractivity contribution in [1.82, 2.24) is 14.7 Å². The number of nitrogens with one attached hydrogen (secondary N) is 1. The van der Waals surface area contributed by atoms with Gasteiger partial charge in [-0.2, -0.15) is 9.36 Å². The number of carbonyl (C=O) groups excluding carboxylic acids is 1. The summed E-state index contributed by atoms with van der Waals surface area (Å²) >= 11 is 1.22. The molecule has 1 N–H and O–H groups in total. The maximum absolute atomic E-state index is 11.8. The summed E-state index contributed by atoms with van der Waals surface area (Å²) in [5, 5.41) is 3.36. The van der Waals surface area contributed by atoms with Gasteiger partial charge in [-0.25, -0.2) is 0 Å². The Hall–Kier alpha value is -2.93. The average Bonchev–Trinajstić information content (AvgIpc) is 3.14. The molecule has 3 rings (SSSR count). The SMILES string of the molecule is CCCNC(=O)Cc1ccc(Oc2nc(Cc3cccc(OC)c3)ns2)cc1. The molecule has 0 spiro atoms. The summed E-state index contributed by atoms with van der Waals surface area (Å²) in [7, 11) is 1.65. The number of rotatable bonds is 9. The number of methoxy groups -OCH3 is 1. The van der Waals surface area contributed by atoms with Crippen molar-refractivity contribution >= 4 is 17.4 Å². The second-order valence-corrected chi connectivity index (χ2v) is 6.99. The van der Waals surface area contributed by atoms with Crippen LogP contribution >= 0.6 is 11.5 Å². The first-order chi connectivity index (χ1) is 13.7. The standard InChI is InChI=1S/C21H23N3O3S/c1-3-11-22-20(25)14-15-7-9-17(10-8-15)27-21-23-19(24-28-21)13-16-5-4-6-18(12-16)26-2/h4-10,12H,3,11,13-14H2,1-2H3,(H,22,25). The van der Waals surface area contributed by atoms with Crippen molar-refractivity contribution in [3.8, 4) is 16.7 Å². The molecule has 2 aromatic carbocycles. The van der Waals surface area contributed by atoms with E-state index in [1.165, 1.54) is 11.5 Å². The van der Waals surface area contributed by atoms with Gasteiger partial charge >= 0.3 is 0 Å². The third-order valence-corrected chi connectivity index (χ3v) is 4.64. The van der Waals surface area contributed by atoms with Gasteiger partial charge < -0.3 is 14.8 Å². The topological polar surface area (TPSA) is 73.3 Å². The summed E-state index contributed by atoms with van der Waals surface area (Å²) in [5.41, 5.74) is 2.02. The molecule has 3 aromatic rings. The fourth-order valence-corrected chi connectivity index (χ4v) is 3.17. The zero-order valence-electron chi connectivity index (χ0n) is 16.0. The zero-order valence-corrected chi connectivity index (χ0v) is 16.8. The summed E-state index contributed by atoms with van der Waals surface area (Å²) in [4.78, 5) is 16.2. The first-order valence-corrected chi connectivity index (χ1v) is 9.92. The van der Waals surface area contributed by atoms with Crippen LogP contribution in [-0.2, 0) is 17.6 Å². The quantitative estimate of drug-likeness (QED) is 0.591. The smallest absolute Gasteiger partial charge is 0.298 e. The molecule has 7 heteroatoms. The van der Waals surface area contributed by atoms with E-state index in [1.807, 2.05) is 55.5 Å². The van der Waals surface area contributed by atoms with E-state index in [-0.39, 0.29) is 5.91 Å². The zero-order chi connectivity index (χ0) is 19.8. The van der Waals surface area contributed by atoms with Crippen LogP contribution in [0.3, 0.4) is 0 Å². The number of amides is 1. The molecule has 0 fully saturated rings. The molecule has 0 radical (unpaired) electrons. The van der Waals surface area contributed by atoms with Crippen molar-refractivity contribution in [2.24, 2.45) is 0 Å². The van der Waals surface area contributed by atoms with Gasteiger partial charge in [-0.05, 0) is 41.8 Å². The number of nitrogens with zero attached hydrogens (tertiary/aromatic N) is 2. The number of aromatic nitrogens is 2. The lowest BCUT2D eigenvalue weighted by Gasteiger charge is -2.05. The summed E-state index contributed by atoms with van der Waals surface area (Å²) in [6.45, 7) is 2.73. The van der Waals surface area contributed by atoms with Crippen molar-refractivity contribution in [3.63, 3.8) is 0 Å². The lowest BCUT2D eigenvalue weighted by Crippen LogP contribution is -2.25. The normalized spacial score (nSPS) is 10.5. The predicted octanol–water partition coefficient (Wildman–Crippen LogP) is 4.00. The number of hydrogen-bond acceptors (Lipinski definition) is 6. The third kappa shape index (κ3) is 5.79. The summed E-state index contributed by atoms with van der Waals surface area (Å²) in [6, 6.07) is 15.3. The second kappa shape index (κ2) is 9.85. The Morgan fingerprint density at radius 1 is 1.11 bits per heavy atom. The van der Waals surface area contributed by atoms with Gasteiger partial charge in [-0.1, -0.05) is 31.2 Å². The Morgan fingerprint density at radius 3 is 2.68 bits per heavy atom. The molecule has 28 heavy (non-hydrogen) atoms. The van der Waals surface area contributed by atoms with Crippen LogP contribution in [-0.4, -0.2) is 28.9 Å². The molecular formula is C21H23N3O3S. The highest BCUT2D eigenvalue weighted by Crippen LogP contribution is 2.25. The monoisotopic (exact) mass is 397 g/mol. The van der Waals surface area contributed by atoms with E-state index in [9.17, 15) is 4.79 Å². The molecule has 1 amide bonds. The molecular weight excluding hydrogens is 374 g/mol. The van der Waals surface area contributed by atoms with Crippen LogP contribution in [0.5, 0.6) is 16.7 Å². The minimum absolute atomic E-state index is 0.0295. The van der Waals surface area contributed by atoms with Gasteiger partial charge in [0.1, 0.15) is 11.5 Å². The minimum Gasteiger partial charge on any atom is -0.497 e. The van der Waals surface area contributed by atoms with Crippen LogP contribution < -0.4 is 14.8 Å². The lowest BCUT2D eigenvalue weighted by atomic mass is 10.1. The van der Waals surface area contributed by atoms with Crippen LogP contribution in [0.4, 0.5) is 0 Å². The minimum atomic E-state index is 0.0295. The first kappa shape index (κ1) is 19.8. The van der Waals surface area contributed by atoms with E-state index in [0.29, 0.717) is 36.2 Å². The number of hydrogen-bond donors (Lipinski definition) is 1. The highest BCUT2D eigenvalue weighted by molar-refractivity contribution is 7.07. The number of carbonyl (C=O) groups is 1. The molecule has 0 aliphatic rings. The molecule has 1 heterocycles. The van der Waals surface area contributed by atoms with Crippen molar-refractivity contribution in [2.45, 2.75) is 26.2 Å². The van der Waals surface area contributed by atoms with Crippen molar-refractivity contribution in [2.75, 3.05) is 13.7 Å². The largest absolute Gasteiger partial charge is 0.497 e. The summed E-state index contributed by atoms with van der Waals surface area (Å²) in [5.74, 6) is 2.22. The molecule has 0 bridgehead atoms. The molecule has 0 saturated carbocycles. The van der Waals surface area contributed by atoms with Crippen molar-refractivity contribution in [3.05, 3.63) is 65.5 Å². The number of ether oxygens (including phenoxy) is 2. The summed E-state index contributed by atoms with van der Waals surface area (Å²) < 4.78 is 15.4. The van der Waals surface area contributed by atoms with Crippen molar-refractivity contribution in [1.29, 1.82) is 0 Å². The lowest BCUT2D eigenvalue weighted by molar-refractivity contribution is -0.120. The Kier molecular flexibility index (Phi) is 6.97. The molecule has 0 aliphatic heterocycles. The van der Waals surface area contributed by atoms with Crippen molar-refractivity contribution < 1.29 is 14.3 Å². The molecule has 0 atom stereocenters. The van der Waals surface area contributed by atoms with E-state index < -0.39 is 0 Å². The van der Waals surface area contributed by atoms with Crippen LogP contribution in [0.15, 0.2) is 48.5 Å². The van der Waals surface area contributed by atoms with E-state index in [1.54, 1.807) is 7.11 Å². The van der Waals surface area contributed by atoms with E-state index in [0.717, 1.165) is 23.3 Å². The van der Waals surface area contributed by atoms with Gasteiger partial charge in [-0.3, -0.25) is 4.79 Å². The maximum Gasteiger partial charge on any atom is 0.298 e. The average molecular weight is 398 g/mol. The fourth-order valence-electron chi connectivity index (χ4n) is 2.60. The Balaban J connectivity index is 1.56. The Morgan fingerprint density at radius 2 is 1.93 bits per heavy atom. The van der Waals surface area contributed by atoms with Gasteiger partial charge in [0.25, 0.3) is 5.19 Å². The maximum atomic E-state index is 11.8. The van der Waals surface area contributed by atoms with Gasteiger partial charge in [0, 0.05) is 24.5 Å². The molecule has 6 nitrogen and oxygen atoms in total. The molecule has 1 aromatic heterocycles. The van der Waals surface area contributed by atoms with Gasteiger partial charge in [0.2, 0.25) is 5.91 Å². The van der Waals surface area contributed by atoms with Crippen LogP contribution in [0.2, 0.25) is 0 Å². The Bertz CT molecular complexity index is 909. The highest BCUT2D eigenvalue weighted by Gasteiger charge is 2.09. The van der Waals surface area contributed by atoms with Gasteiger partial charge in [-0.15, -0.1) is 0 Å². The second-order valence-electron chi connectivity index (χ2n) is 6.28. The Labute approximate surface area is 168 Å². The molecule has 0 unspecified atom stereocenters.